The molecule has 0 unspecified atom stereocenters. The number of benzene rings is 1. The summed E-state index contributed by atoms with van der Waals surface area (Å²) in [5.74, 6) is 0.259. The van der Waals surface area contributed by atoms with E-state index in [0.29, 0.717) is 11.6 Å². The van der Waals surface area contributed by atoms with Gasteiger partial charge >= 0.3 is 0 Å². The Morgan fingerprint density at radius 3 is 2.32 bits per heavy atom. The average Bonchev–Trinajstić information content (AvgIpc) is 2.19. The van der Waals surface area contributed by atoms with Crippen LogP contribution < -0.4 is 0 Å². The molecule has 0 radical (unpaired) electrons. The third kappa shape index (κ3) is 3.62. The summed E-state index contributed by atoms with van der Waals surface area (Å²) < 4.78 is 6.05. The van der Waals surface area contributed by atoms with Crippen LogP contribution in [0.15, 0.2) is 18.2 Å². The van der Waals surface area contributed by atoms with E-state index in [1.807, 2.05) is 6.07 Å². The fourth-order valence-corrected chi connectivity index (χ4v) is 3.21. The topological polar surface area (TPSA) is 32.7 Å². The van der Waals surface area contributed by atoms with E-state index in [1.54, 1.807) is 12.1 Å². The molecule has 0 aromatic heterocycles. The normalized spacial score (nSPS) is 22.4. The third-order valence-electron chi connectivity index (χ3n) is 3.24. The molecule has 1 aliphatic rings. The van der Waals surface area contributed by atoms with Gasteiger partial charge in [0.15, 0.2) is 0 Å². The van der Waals surface area contributed by atoms with E-state index in [9.17, 15) is 5.11 Å². The molecule has 0 aliphatic carbocycles. The first-order valence-corrected chi connectivity index (χ1v) is 6.95. The van der Waals surface area contributed by atoms with Gasteiger partial charge in [-0.15, -0.1) is 0 Å². The summed E-state index contributed by atoms with van der Waals surface area (Å²) >= 11 is 6.17. The summed E-state index contributed by atoms with van der Waals surface area (Å²) in [5.41, 5.74) is 0.398. The second kappa shape index (κ2) is 4.97. The summed E-state index contributed by atoms with van der Waals surface area (Å²) in [6.45, 7) is 10.6. The number of morpholine rings is 1. The second-order valence-electron chi connectivity index (χ2n) is 6.50. The number of rotatable bonds is 2. The van der Waals surface area contributed by atoms with E-state index in [1.165, 1.54) is 0 Å². The summed E-state index contributed by atoms with van der Waals surface area (Å²) in [6, 6.07) is 5.25. The zero-order valence-electron chi connectivity index (χ0n) is 12.0. The van der Waals surface area contributed by atoms with Crippen molar-refractivity contribution < 1.29 is 9.84 Å². The maximum Gasteiger partial charge on any atom is 0.121 e. The van der Waals surface area contributed by atoms with Crippen molar-refractivity contribution in [3.8, 4) is 5.75 Å². The maximum absolute atomic E-state index is 9.94. The van der Waals surface area contributed by atoms with Crippen LogP contribution in [-0.2, 0) is 11.3 Å². The Morgan fingerprint density at radius 1 is 1.21 bits per heavy atom. The van der Waals surface area contributed by atoms with Crippen LogP contribution in [0.25, 0.3) is 0 Å². The zero-order valence-corrected chi connectivity index (χ0v) is 12.8. The maximum atomic E-state index is 9.94. The number of halogens is 1. The summed E-state index contributed by atoms with van der Waals surface area (Å²) in [6.07, 6.45) is 0. The van der Waals surface area contributed by atoms with E-state index >= 15 is 0 Å². The predicted octanol–water partition coefficient (Wildman–Crippen LogP) is 3.44. The van der Waals surface area contributed by atoms with E-state index < -0.39 is 0 Å². The average molecular weight is 284 g/mol. The van der Waals surface area contributed by atoms with Gasteiger partial charge in [0.05, 0.1) is 11.2 Å². The van der Waals surface area contributed by atoms with E-state index in [-0.39, 0.29) is 17.0 Å². The number of hydrogen-bond donors (Lipinski definition) is 1. The smallest absolute Gasteiger partial charge is 0.121 e. The molecule has 1 saturated heterocycles. The number of aromatic hydroxyl groups is 1. The molecule has 1 aromatic carbocycles. The predicted molar refractivity (Wildman–Crippen MR) is 77.6 cm³/mol. The molecule has 0 spiro atoms. The van der Waals surface area contributed by atoms with Crippen molar-refractivity contribution in [2.45, 2.75) is 45.4 Å². The molecule has 4 heteroatoms. The second-order valence-corrected chi connectivity index (χ2v) is 6.91. The van der Waals surface area contributed by atoms with Crippen molar-refractivity contribution in [2.75, 3.05) is 13.1 Å². The Hall–Kier alpha value is -0.770. The fraction of sp³-hybridized carbons (Fsp3) is 0.600. The van der Waals surface area contributed by atoms with Crippen LogP contribution in [-0.4, -0.2) is 34.3 Å². The molecular weight excluding hydrogens is 262 g/mol. The Morgan fingerprint density at radius 2 is 1.79 bits per heavy atom. The van der Waals surface area contributed by atoms with Crippen molar-refractivity contribution >= 4 is 11.6 Å². The van der Waals surface area contributed by atoms with Crippen molar-refractivity contribution in [3.05, 3.63) is 28.8 Å². The molecule has 1 aliphatic heterocycles. The van der Waals surface area contributed by atoms with Crippen LogP contribution >= 0.6 is 11.6 Å². The molecule has 1 heterocycles. The fourth-order valence-electron chi connectivity index (χ4n) is 2.98. The van der Waals surface area contributed by atoms with Crippen LogP contribution in [0.2, 0.25) is 5.02 Å². The molecular formula is C15H22ClNO2. The molecule has 0 saturated carbocycles. The molecule has 1 aromatic rings. The minimum atomic E-state index is -0.196. The van der Waals surface area contributed by atoms with Gasteiger partial charge in [0, 0.05) is 30.2 Å². The lowest BCUT2D eigenvalue weighted by Crippen LogP contribution is -2.56. The van der Waals surface area contributed by atoms with Gasteiger partial charge in [0.1, 0.15) is 5.75 Å². The zero-order chi connectivity index (χ0) is 14.3. The van der Waals surface area contributed by atoms with Crippen molar-refractivity contribution in [2.24, 2.45) is 0 Å². The Labute approximate surface area is 120 Å². The largest absolute Gasteiger partial charge is 0.508 e. The molecule has 1 N–H and O–H groups in total. The van der Waals surface area contributed by atoms with Crippen molar-refractivity contribution in [1.29, 1.82) is 0 Å². The number of phenols is 1. The molecule has 19 heavy (non-hydrogen) atoms. The highest BCUT2D eigenvalue weighted by atomic mass is 35.5. The highest BCUT2D eigenvalue weighted by molar-refractivity contribution is 6.31. The van der Waals surface area contributed by atoms with Gasteiger partial charge in [-0.05, 0) is 39.8 Å². The van der Waals surface area contributed by atoms with Crippen LogP contribution in [0.4, 0.5) is 0 Å². The Balaban J connectivity index is 2.19. The molecule has 106 valence electrons. The number of hydrogen-bond acceptors (Lipinski definition) is 3. The SMILES string of the molecule is CC1(C)CN(Cc2c(O)cccc2Cl)CC(C)(C)O1. The van der Waals surface area contributed by atoms with Gasteiger partial charge in [-0.2, -0.15) is 0 Å². The van der Waals surface area contributed by atoms with Gasteiger partial charge in [-0.25, -0.2) is 0 Å². The van der Waals surface area contributed by atoms with Crippen molar-refractivity contribution in [3.63, 3.8) is 0 Å². The van der Waals surface area contributed by atoms with Gasteiger partial charge in [-0.1, -0.05) is 17.7 Å². The Bertz CT molecular complexity index is 435. The standard InChI is InChI=1S/C15H22ClNO2/c1-14(2)9-17(10-15(3,4)19-14)8-11-12(16)6-5-7-13(11)18/h5-7,18H,8-10H2,1-4H3. The lowest BCUT2D eigenvalue weighted by Gasteiger charge is -2.47. The first-order chi connectivity index (χ1) is 8.69. The quantitative estimate of drug-likeness (QED) is 0.902. The molecule has 0 bridgehead atoms. The molecule has 0 amide bonds. The molecule has 2 rings (SSSR count). The highest BCUT2D eigenvalue weighted by Gasteiger charge is 2.38. The third-order valence-corrected chi connectivity index (χ3v) is 3.59. The molecule has 0 atom stereocenters. The van der Waals surface area contributed by atoms with Gasteiger partial charge in [-0.3, -0.25) is 4.90 Å². The molecule has 3 nitrogen and oxygen atoms in total. The summed E-state index contributed by atoms with van der Waals surface area (Å²) in [4.78, 5) is 2.28. The summed E-state index contributed by atoms with van der Waals surface area (Å²) in [7, 11) is 0. The molecule has 1 fully saturated rings. The highest BCUT2D eigenvalue weighted by Crippen LogP contribution is 2.32. The van der Waals surface area contributed by atoms with Gasteiger partial charge < -0.3 is 9.84 Å². The lowest BCUT2D eigenvalue weighted by atomic mass is 9.98. The Kier molecular flexibility index (Phi) is 3.83. The minimum Gasteiger partial charge on any atom is -0.508 e. The van der Waals surface area contributed by atoms with Gasteiger partial charge in [0.25, 0.3) is 0 Å². The van der Waals surface area contributed by atoms with Crippen LogP contribution in [0.3, 0.4) is 0 Å². The summed E-state index contributed by atoms with van der Waals surface area (Å²) in [5, 5.41) is 10.6. The number of phenolic OH excluding ortho intramolecular Hbond substituents is 1. The van der Waals surface area contributed by atoms with Gasteiger partial charge in [0.2, 0.25) is 0 Å². The minimum absolute atomic E-state index is 0.196. The van der Waals surface area contributed by atoms with E-state index in [0.717, 1.165) is 18.7 Å². The van der Waals surface area contributed by atoms with E-state index in [4.69, 9.17) is 16.3 Å². The van der Waals surface area contributed by atoms with Crippen LogP contribution in [0.5, 0.6) is 5.75 Å². The number of ether oxygens (including phenoxy) is 1. The van der Waals surface area contributed by atoms with Crippen LogP contribution in [0, 0.1) is 0 Å². The lowest BCUT2D eigenvalue weighted by molar-refractivity contribution is -0.182. The number of nitrogens with zero attached hydrogens (tertiary/aromatic N) is 1. The van der Waals surface area contributed by atoms with E-state index in [2.05, 4.69) is 32.6 Å². The monoisotopic (exact) mass is 283 g/mol. The van der Waals surface area contributed by atoms with Crippen molar-refractivity contribution in [1.82, 2.24) is 4.90 Å². The first-order valence-electron chi connectivity index (χ1n) is 6.57. The van der Waals surface area contributed by atoms with Crippen LogP contribution in [0.1, 0.15) is 33.3 Å². The first kappa shape index (κ1) is 14.6.